The second-order valence-electron chi connectivity index (χ2n) is 5.25. The molecule has 0 aliphatic rings. The first kappa shape index (κ1) is 15.6. The molecule has 0 unspecified atom stereocenters. The van der Waals surface area contributed by atoms with E-state index in [0.717, 1.165) is 0 Å². The van der Waals surface area contributed by atoms with Crippen LogP contribution in [0.1, 0.15) is 27.6 Å². The molecular weight excluding hydrogens is 311 g/mol. The zero-order valence-corrected chi connectivity index (χ0v) is 12.7. The Morgan fingerprint density at radius 3 is 2.54 bits per heavy atom. The molecule has 0 saturated carbocycles. The van der Waals surface area contributed by atoms with Crippen LogP contribution in [0.15, 0.2) is 53.5 Å². The normalized spacial score (nSPS) is 10.6. The molecule has 3 aromatic rings. The van der Waals surface area contributed by atoms with E-state index in [-0.39, 0.29) is 22.2 Å². The second kappa shape index (κ2) is 6.08. The Labute approximate surface area is 136 Å². The monoisotopic (exact) mass is 324 g/mol. The Morgan fingerprint density at radius 1 is 1.04 bits per heavy atom. The van der Waals surface area contributed by atoms with Crippen molar-refractivity contribution in [3.8, 4) is 0 Å². The van der Waals surface area contributed by atoms with Gasteiger partial charge >= 0.3 is 0 Å². The third-order valence-corrected chi connectivity index (χ3v) is 3.66. The van der Waals surface area contributed by atoms with Gasteiger partial charge in [-0.05, 0) is 31.2 Å². The zero-order valence-electron chi connectivity index (χ0n) is 12.7. The van der Waals surface area contributed by atoms with E-state index in [1.807, 2.05) is 0 Å². The van der Waals surface area contributed by atoms with Crippen molar-refractivity contribution in [3.05, 3.63) is 75.8 Å². The number of amides is 1. The van der Waals surface area contributed by atoms with Gasteiger partial charge in [0.05, 0.1) is 11.2 Å². The number of pyridine rings is 1. The molecule has 0 spiro atoms. The number of hydrogen-bond acceptors (Lipinski definition) is 3. The van der Waals surface area contributed by atoms with E-state index < -0.39 is 17.2 Å². The van der Waals surface area contributed by atoms with Crippen LogP contribution >= 0.6 is 0 Å². The standard InChI is InChI=1S/C18H13FN2O3/c1-10(22)11-5-2-3-8-15(11)21-18(24)13-9-20-16-12(17(13)23)6-4-7-14(16)19/h2-9H,1H3,(H,20,23)(H,21,24). The number of Topliss-reactive ketones (excluding diaryl/α,β-unsaturated/α-hetero) is 1. The van der Waals surface area contributed by atoms with E-state index >= 15 is 0 Å². The molecule has 6 heteroatoms. The lowest BCUT2D eigenvalue weighted by Gasteiger charge is -2.09. The lowest BCUT2D eigenvalue weighted by atomic mass is 10.1. The summed E-state index contributed by atoms with van der Waals surface area (Å²) >= 11 is 0. The average molecular weight is 324 g/mol. The first-order valence-electron chi connectivity index (χ1n) is 7.20. The fourth-order valence-electron chi connectivity index (χ4n) is 2.47. The smallest absolute Gasteiger partial charge is 0.261 e. The fraction of sp³-hybridized carbons (Fsp3) is 0.0556. The second-order valence-corrected chi connectivity index (χ2v) is 5.25. The van der Waals surface area contributed by atoms with E-state index in [1.165, 1.54) is 31.3 Å². The van der Waals surface area contributed by atoms with Crippen LogP contribution < -0.4 is 10.7 Å². The maximum atomic E-state index is 13.7. The predicted molar refractivity (Wildman–Crippen MR) is 88.9 cm³/mol. The maximum Gasteiger partial charge on any atom is 0.261 e. The van der Waals surface area contributed by atoms with Gasteiger partial charge in [-0.2, -0.15) is 0 Å². The molecule has 0 fully saturated rings. The van der Waals surface area contributed by atoms with E-state index in [4.69, 9.17) is 0 Å². The Kier molecular flexibility index (Phi) is 3.95. The van der Waals surface area contributed by atoms with Crippen LogP contribution in [0.4, 0.5) is 10.1 Å². The number of halogens is 1. The molecule has 0 aliphatic heterocycles. The zero-order chi connectivity index (χ0) is 17.3. The number of hydrogen-bond donors (Lipinski definition) is 2. The minimum atomic E-state index is -0.670. The van der Waals surface area contributed by atoms with Crippen molar-refractivity contribution in [1.29, 1.82) is 0 Å². The molecule has 1 amide bonds. The van der Waals surface area contributed by atoms with Crippen molar-refractivity contribution in [3.63, 3.8) is 0 Å². The van der Waals surface area contributed by atoms with E-state index in [9.17, 15) is 18.8 Å². The predicted octanol–water partition coefficient (Wildman–Crippen LogP) is 3.12. The van der Waals surface area contributed by atoms with Crippen molar-refractivity contribution < 1.29 is 14.0 Å². The number of nitrogens with one attached hydrogen (secondary N) is 2. The summed E-state index contributed by atoms with van der Waals surface area (Å²) in [4.78, 5) is 39.1. The van der Waals surface area contributed by atoms with Crippen molar-refractivity contribution in [2.24, 2.45) is 0 Å². The van der Waals surface area contributed by atoms with Gasteiger partial charge in [-0.3, -0.25) is 14.4 Å². The third kappa shape index (κ3) is 2.69. The number of aromatic nitrogens is 1. The van der Waals surface area contributed by atoms with Crippen LogP contribution in [-0.2, 0) is 0 Å². The van der Waals surface area contributed by atoms with Crippen LogP contribution in [0.5, 0.6) is 0 Å². The van der Waals surface area contributed by atoms with Crippen LogP contribution in [0.25, 0.3) is 10.9 Å². The van der Waals surface area contributed by atoms with E-state index in [1.54, 1.807) is 24.3 Å². The number of anilines is 1. The summed E-state index contributed by atoms with van der Waals surface area (Å²) in [6.45, 7) is 1.39. The largest absolute Gasteiger partial charge is 0.358 e. The Hall–Kier alpha value is -3.28. The minimum absolute atomic E-state index is 0.0446. The Bertz CT molecular complexity index is 1020. The molecule has 0 radical (unpaired) electrons. The van der Waals surface area contributed by atoms with Gasteiger partial charge in [-0.1, -0.05) is 18.2 Å². The van der Waals surface area contributed by atoms with Crippen molar-refractivity contribution in [2.75, 3.05) is 5.32 Å². The Balaban J connectivity index is 2.03. The van der Waals surface area contributed by atoms with Gasteiger partial charge < -0.3 is 10.3 Å². The quantitative estimate of drug-likeness (QED) is 0.727. The molecule has 2 aromatic carbocycles. The number of para-hydroxylation sites is 2. The third-order valence-electron chi connectivity index (χ3n) is 3.66. The molecular formula is C18H13FN2O3. The molecule has 1 heterocycles. The number of H-pyrrole nitrogens is 1. The van der Waals surface area contributed by atoms with Gasteiger partial charge in [0.15, 0.2) is 5.78 Å². The summed E-state index contributed by atoms with van der Waals surface area (Å²) in [7, 11) is 0. The summed E-state index contributed by atoms with van der Waals surface area (Å²) in [5.41, 5.74) is -0.0430. The fourth-order valence-corrected chi connectivity index (χ4v) is 2.47. The van der Waals surface area contributed by atoms with Crippen molar-refractivity contribution in [2.45, 2.75) is 6.92 Å². The summed E-state index contributed by atoms with van der Waals surface area (Å²) in [6, 6.07) is 10.6. The SMILES string of the molecule is CC(=O)c1ccccc1NC(=O)c1c[nH]c2c(F)cccc2c1=O. The molecule has 120 valence electrons. The molecule has 1 aromatic heterocycles. The number of aromatic amines is 1. The van der Waals surface area contributed by atoms with Crippen LogP contribution in [-0.4, -0.2) is 16.7 Å². The lowest BCUT2D eigenvalue weighted by molar-refractivity contribution is 0.101. The number of ketones is 1. The first-order chi connectivity index (χ1) is 11.5. The molecule has 2 N–H and O–H groups in total. The molecule has 3 rings (SSSR count). The topological polar surface area (TPSA) is 79.0 Å². The molecule has 0 aliphatic carbocycles. The molecule has 0 saturated heterocycles. The number of fused-ring (bicyclic) bond motifs is 1. The summed E-state index contributed by atoms with van der Waals surface area (Å²) in [5, 5.41) is 2.64. The summed E-state index contributed by atoms with van der Waals surface area (Å²) in [5.74, 6) is -1.45. The van der Waals surface area contributed by atoms with Crippen LogP contribution in [0.2, 0.25) is 0 Å². The summed E-state index contributed by atoms with van der Waals surface area (Å²) < 4.78 is 13.7. The van der Waals surface area contributed by atoms with Gasteiger partial charge in [0.2, 0.25) is 5.43 Å². The maximum absolute atomic E-state index is 13.7. The number of rotatable bonds is 3. The van der Waals surface area contributed by atoms with Crippen molar-refractivity contribution in [1.82, 2.24) is 4.98 Å². The highest BCUT2D eigenvalue weighted by Gasteiger charge is 2.16. The summed E-state index contributed by atoms with van der Waals surface area (Å²) in [6.07, 6.45) is 1.17. The van der Waals surface area contributed by atoms with E-state index in [2.05, 4.69) is 10.3 Å². The highest BCUT2D eigenvalue weighted by atomic mass is 19.1. The minimum Gasteiger partial charge on any atom is -0.358 e. The molecule has 0 bridgehead atoms. The Morgan fingerprint density at radius 2 is 1.79 bits per heavy atom. The molecule has 24 heavy (non-hydrogen) atoms. The van der Waals surface area contributed by atoms with Gasteiger partial charge in [-0.15, -0.1) is 0 Å². The van der Waals surface area contributed by atoms with Gasteiger partial charge in [0.1, 0.15) is 11.4 Å². The highest BCUT2D eigenvalue weighted by molar-refractivity contribution is 6.09. The molecule has 0 atom stereocenters. The average Bonchev–Trinajstić information content (AvgIpc) is 2.56. The highest BCUT2D eigenvalue weighted by Crippen LogP contribution is 2.17. The number of carbonyl (C=O) groups is 2. The van der Waals surface area contributed by atoms with Gasteiger partial charge in [0.25, 0.3) is 5.91 Å². The van der Waals surface area contributed by atoms with Gasteiger partial charge in [-0.25, -0.2) is 4.39 Å². The van der Waals surface area contributed by atoms with Crippen molar-refractivity contribution >= 4 is 28.3 Å². The van der Waals surface area contributed by atoms with Crippen LogP contribution in [0, 0.1) is 5.82 Å². The van der Waals surface area contributed by atoms with E-state index in [0.29, 0.717) is 11.3 Å². The number of benzene rings is 2. The lowest BCUT2D eigenvalue weighted by Crippen LogP contribution is -2.23. The first-order valence-corrected chi connectivity index (χ1v) is 7.20. The molecule has 5 nitrogen and oxygen atoms in total. The number of carbonyl (C=O) groups excluding carboxylic acids is 2. The van der Waals surface area contributed by atoms with Gasteiger partial charge in [0, 0.05) is 17.1 Å². The van der Waals surface area contributed by atoms with Crippen LogP contribution in [0.3, 0.4) is 0 Å².